The molecule has 1 saturated heterocycles. The molecule has 1 aromatic carbocycles. The Bertz CT molecular complexity index is 483. The van der Waals surface area contributed by atoms with Crippen molar-refractivity contribution in [1.82, 2.24) is 5.32 Å². The number of hydrogen-bond donors (Lipinski definition) is 2. The average Bonchev–Trinajstić information content (AvgIpc) is 2.76. The van der Waals surface area contributed by atoms with E-state index in [1.165, 1.54) is 0 Å². The van der Waals surface area contributed by atoms with Crippen LogP contribution in [0, 0.1) is 23.4 Å². The fourth-order valence-corrected chi connectivity index (χ4v) is 2.24. The fraction of sp³-hybridized carbons (Fsp3) is 0.364. The van der Waals surface area contributed by atoms with Crippen LogP contribution in [0.2, 0.25) is 5.02 Å². The zero-order valence-corrected chi connectivity index (χ0v) is 9.77. The highest BCUT2D eigenvalue weighted by molar-refractivity contribution is 6.30. The summed E-state index contributed by atoms with van der Waals surface area (Å²) in [6.07, 6.45) is -0.0110. The Morgan fingerprint density at radius 3 is 2.61 bits per heavy atom. The lowest BCUT2D eigenvalue weighted by molar-refractivity contribution is -0.141. The Balaban J connectivity index is 2.38. The normalized spacial score (nSPS) is 23.3. The molecule has 1 aromatic rings. The minimum atomic E-state index is -1.33. The van der Waals surface area contributed by atoms with Crippen LogP contribution in [0.5, 0.6) is 0 Å². The van der Waals surface area contributed by atoms with Crippen LogP contribution in [0.4, 0.5) is 13.2 Å². The van der Waals surface area contributed by atoms with E-state index in [-0.39, 0.29) is 13.0 Å². The molecule has 18 heavy (non-hydrogen) atoms. The maximum absolute atomic E-state index is 13.7. The molecule has 2 atom stereocenters. The van der Waals surface area contributed by atoms with Crippen LogP contribution in [0.15, 0.2) is 6.07 Å². The van der Waals surface area contributed by atoms with Gasteiger partial charge in [0.2, 0.25) is 0 Å². The van der Waals surface area contributed by atoms with Crippen LogP contribution in [-0.4, -0.2) is 17.6 Å². The summed E-state index contributed by atoms with van der Waals surface area (Å²) in [7, 11) is 0. The summed E-state index contributed by atoms with van der Waals surface area (Å²) in [6.45, 7) is 0.0764. The number of aliphatic carboxylic acids is 1. The van der Waals surface area contributed by atoms with E-state index in [9.17, 15) is 18.0 Å². The molecule has 1 fully saturated rings. The van der Waals surface area contributed by atoms with Gasteiger partial charge < -0.3 is 10.4 Å². The van der Waals surface area contributed by atoms with Gasteiger partial charge >= 0.3 is 5.97 Å². The van der Waals surface area contributed by atoms with Crippen molar-refractivity contribution in [1.29, 1.82) is 0 Å². The first kappa shape index (κ1) is 13.2. The molecule has 98 valence electrons. The van der Waals surface area contributed by atoms with Crippen molar-refractivity contribution in [3.63, 3.8) is 0 Å². The Morgan fingerprint density at radius 2 is 2.06 bits per heavy atom. The second kappa shape index (κ2) is 4.78. The van der Waals surface area contributed by atoms with Crippen molar-refractivity contribution >= 4 is 17.6 Å². The highest BCUT2D eigenvalue weighted by atomic mass is 35.5. The number of hydrogen-bond acceptors (Lipinski definition) is 2. The van der Waals surface area contributed by atoms with Gasteiger partial charge in [0, 0.05) is 18.2 Å². The molecule has 1 heterocycles. The van der Waals surface area contributed by atoms with E-state index in [0.29, 0.717) is 6.07 Å². The third-order valence-electron chi connectivity index (χ3n) is 2.97. The van der Waals surface area contributed by atoms with Crippen molar-refractivity contribution in [3.05, 3.63) is 34.1 Å². The number of nitrogens with one attached hydrogen (secondary N) is 1. The number of halogens is 4. The number of carbonyl (C=O) groups is 1. The maximum Gasteiger partial charge on any atom is 0.307 e. The van der Waals surface area contributed by atoms with E-state index >= 15 is 0 Å². The Hall–Kier alpha value is -1.27. The summed E-state index contributed by atoms with van der Waals surface area (Å²) in [6, 6.07) is -0.335. The maximum atomic E-state index is 13.7. The first-order valence-electron chi connectivity index (χ1n) is 5.21. The molecule has 0 aliphatic carbocycles. The Labute approximate surface area is 106 Å². The van der Waals surface area contributed by atoms with Gasteiger partial charge in [-0.3, -0.25) is 4.79 Å². The van der Waals surface area contributed by atoms with Gasteiger partial charge in [0.25, 0.3) is 0 Å². The summed E-state index contributed by atoms with van der Waals surface area (Å²) >= 11 is 5.44. The van der Waals surface area contributed by atoms with Gasteiger partial charge in [-0.05, 0) is 12.5 Å². The van der Waals surface area contributed by atoms with Crippen molar-refractivity contribution in [3.8, 4) is 0 Å². The van der Waals surface area contributed by atoms with Crippen LogP contribution in [0.25, 0.3) is 0 Å². The Kier molecular flexibility index (Phi) is 3.49. The number of carboxylic acid groups (broad SMARTS) is 1. The number of carboxylic acids is 1. The average molecular weight is 280 g/mol. The lowest BCUT2D eigenvalue weighted by atomic mass is 9.99. The second-order valence-electron chi connectivity index (χ2n) is 4.11. The van der Waals surface area contributed by atoms with Gasteiger partial charge in [0.1, 0.15) is 5.82 Å². The molecule has 0 amide bonds. The first-order valence-corrected chi connectivity index (χ1v) is 5.58. The third-order valence-corrected chi connectivity index (χ3v) is 3.25. The fourth-order valence-electron chi connectivity index (χ4n) is 2.04. The number of rotatable bonds is 2. The van der Waals surface area contributed by atoms with Crippen LogP contribution < -0.4 is 5.32 Å². The van der Waals surface area contributed by atoms with Gasteiger partial charge in [-0.2, -0.15) is 0 Å². The van der Waals surface area contributed by atoms with Gasteiger partial charge in [0.15, 0.2) is 11.6 Å². The van der Waals surface area contributed by atoms with E-state index < -0.39 is 46.0 Å². The highest BCUT2D eigenvalue weighted by Gasteiger charge is 2.34. The van der Waals surface area contributed by atoms with Crippen molar-refractivity contribution in [2.45, 2.75) is 12.5 Å². The zero-order valence-electron chi connectivity index (χ0n) is 9.01. The van der Waals surface area contributed by atoms with E-state index in [1.807, 2.05) is 0 Å². The third kappa shape index (κ3) is 2.18. The monoisotopic (exact) mass is 279 g/mol. The topological polar surface area (TPSA) is 49.3 Å². The Morgan fingerprint density at radius 1 is 1.39 bits per heavy atom. The van der Waals surface area contributed by atoms with Gasteiger partial charge in [-0.25, -0.2) is 13.2 Å². The van der Waals surface area contributed by atoms with Gasteiger partial charge in [-0.15, -0.1) is 0 Å². The minimum absolute atomic E-state index is 0.0110. The molecule has 2 N–H and O–H groups in total. The van der Waals surface area contributed by atoms with Crippen LogP contribution in [0.1, 0.15) is 18.0 Å². The highest BCUT2D eigenvalue weighted by Crippen LogP contribution is 2.34. The van der Waals surface area contributed by atoms with E-state index in [2.05, 4.69) is 5.32 Å². The van der Waals surface area contributed by atoms with Crippen LogP contribution in [0.3, 0.4) is 0 Å². The van der Waals surface area contributed by atoms with E-state index in [4.69, 9.17) is 16.7 Å². The molecule has 0 aromatic heterocycles. The van der Waals surface area contributed by atoms with E-state index in [0.717, 1.165) is 0 Å². The molecule has 3 nitrogen and oxygen atoms in total. The molecule has 0 bridgehead atoms. The lowest BCUT2D eigenvalue weighted by Gasteiger charge is -2.14. The summed E-state index contributed by atoms with van der Waals surface area (Å²) in [5.74, 6) is -5.46. The number of benzene rings is 1. The quantitative estimate of drug-likeness (QED) is 0.818. The van der Waals surface area contributed by atoms with Crippen LogP contribution >= 0.6 is 11.6 Å². The minimum Gasteiger partial charge on any atom is -0.481 e. The molecule has 7 heteroatoms. The molecule has 0 radical (unpaired) electrons. The molecule has 1 aliphatic rings. The van der Waals surface area contributed by atoms with Crippen molar-refractivity contribution in [2.75, 3.05) is 6.54 Å². The summed E-state index contributed by atoms with van der Waals surface area (Å²) < 4.78 is 40.4. The smallest absolute Gasteiger partial charge is 0.307 e. The predicted octanol–water partition coefficient (Wildman–Crippen LogP) is 2.49. The van der Waals surface area contributed by atoms with Crippen molar-refractivity contribution < 1.29 is 23.1 Å². The first-order chi connectivity index (χ1) is 8.41. The predicted molar refractivity (Wildman–Crippen MR) is 57.8 cm³/mol. The molecular weight excluding hydrogens is 271 g/mol. The van der Waals surface area contributed by atoms with Gasteiger partial charge in [-0.1, -0.05) is 11.6 Å². The largest absolute Gasteiger partial charge is 0.481 e. The standard InChI is InChI=1S/C11H9ClF3NO2/c12-5-2-6(13)10(15)8(9(5)14)7-1-4(3-16-7)11(17)18/h2,4,7,16H,1,3H2,(H,17,18). The molecule has 2 rings (SSSR count). The van der Waals surface area contributed by atoms with E-state index in [1.54, 1.807) is 0 Å². The summed E-state index contributed by atoms with van der Waals surface area (Å²) in [5.41, 5.74) is -0.538. The second-order valence-corrected chi connectivity index (χ2v) is 4.52. The van der Waals surface area contributed by atoms with Gasteiger partial charge in [0.05, 0.1) is 10.9 Å². The molecular formula is C11H9ClF3NO2. The molecule has 0 saturated carbocycles. The zero-order chi connectivity index (χ0) is 13.4. The summed E-state index contributed by atoms with van der Waals surface area (Å²) in [5, 5.41) is 10.9. The molecule has 2 unspecified atom stereocenters. The summed E-state index contributed by atoms with van der Waals surface area (Å²) in [4.78, 5) is 10.8. The molecule has 1 aliphatic heterocycles. The molecule has 0 spiro atoms. The van der Waals surface area contributed by atoms with Crippen LogP contribution in [-0.2, 0) is 4.79 Å². The lowest BCUT2D eigenvalue weighted by Crippen LogP contribution is -2.18. The van der Waals surface area contributed by atoms with Crippen molar-refractivity contribution in [2.24, 2.45) is 5.92 Å². The SMILES string of the molecule is O=C(O)C1CNC(c2c(F)c(F)cc(Cl)c2F)C1.